The first kappa shape index (κ1) is 65.0. The first-order valence-corrected chi connectivity index (χ1v) is 40.9. The molecule has 0 N–H and O–H groups in total. The summed E-state index contributed by atoms with van der Waals surface area (Å²) in [5.41, 5.74) is 23.8. The van der Waals surface area contributed by atoms with Gasteiger partial charge in [0.15, 0.2) is 0 Å². The molecule has 0 radical (unpaired) electrons. The van der Waals surface area contributed by atoms with E-state index in [-0.39, 0.29) is 29.0 Å². The Kier molecular flexibility index (Phi) is 16.3. The molecule has 4 aromatic heterocycles. The summed E-state index contributed by atoms with van der Waals surface area (Å²) >= 11 is 0.520. The second kappa shape index (κ2) is 27.5. The predicted molar refractivity (Wildman–Crippen MR) is 472 cm³/mol. The Morgan fingerprint density at radius 3 is 1.10 bits per heavy atom. The Morgan fingerprint density at radius 2 is 0.555 bits per heavy atom. The Labute approximate surface area is 649 Å². The van der Waals surface area contributed by atoms with Crippen molar-refractivity contribution in [2.75, 3.05) is 9.80 Å². The summed E-state index contributed by atoms with van der Waals surface area (Å²) in [7, 11) is 0. The number of aromatic nitrogens is 2. The average Bonchev–Trinajstić information content (AvgIpc) is 1.58. The zero-order valence-electron chi connectivity index (χ0n) is 59.9. The quantitative estimate of drug-likeness (QED) is 0.113. The number of hydrogen-bond donors (Lipinski definition) is 0. The summed E-state index contributed by atoms with van der Waals surface area (Å²) in [5, 5.41) is 15.5. The van der Waals surface area contributed by atoms with Crippen molar-refractivity contribution in [3.63, 3.8) is 0 Å². The van der Waals surface area contributed by atoms with Crippen LogP contribution < -0.4 is 9.80 Å². The molecule has 0 spiro atoms. The van der Waals surface area contributed by atoms with Crippen molar-refractivity contribution in [1.29, 1.82) is 0 Å². The van der Waals surface area contributed by atoms with Crippen LogP contribution in [0.2, 0.25) is 0 Å². The van der Waals surface area contributed by atoms with E-state index < -0.39 is 0 Å². The molecule has 22 aromatic rings. The van der Waals surface area contributed by atoms with Crippen LogP contribution in [-0.4, -0.2) is 38.1 Å². The Morgan fingerprint density at radius 1 is 0.182 bits per heavy atom. The molecule has 6 heteroatoms. The number of nitrogens with zero attached hydrogens (tertiary/aromatic N) is 4. The second-order valence-electron chi connectivity index (χ2n) is 28.3. The van der Waals surface area contributed by atoms with Crippen LogP contribution in [0.1, 0.15) is 0 Å². The first-order chi connectivity index (χ1) is 54.5. The molecule has 516 valence electrons. The van der Waals surface area contributed by atoms with Gasteiger partial charge in [0.05, 0.1) is 11.0 Å². The van der Waals surface area contributed by atoms with Crippen molar-refractivity contribution in [3.05, 3.63) is 413 Å². The summed E-state index contributed by atoms with van der Waals surface area (Å²) in [6, 6.07) is 151. The topological polar surface area (TPSA) is 16.3 Å². The van der Waals surface area contributed by atoms with E-state index in [1.165, 1.54) is 171 Å². The molecule has 0 saturated carbocycles. The van der Waals surface area contributed by atoms with Crippen LogP contribution in [0.4, 0.5) is 34.1 Å². The van der Waals surface area contributed by atoms with Crippen molar-refractivity contribution < 1.29 is 0 Å². The number of para-hydroxylation sites is 6. The van der Waals surface area contributed by atoms with Gasteiger partial charge in [-0.1, -0.05) is 72.8 Å². The molecule has 22 rings (SSSR count). The fraction of sp³-hybridized carbons (Fsp3) is 0. The van der Waals surface area contributed by atoms with Crippen LogP contribution in [-0.2, 0) is 0 Å². The van der Waals surface area contributed by atoms with Gasteiger partial charge >= 0.3 is 513 Å². The van der Waals surface area contributed by atoms with Crippen LogP contribution in [0.25, 0.3) is 160 Å². The molecule has 0 atom stereocenters. The van der Waals surface area contributed by atoms with Crippen molar-refractivity contribution in [2.24, 2.45) is 0 Å². The molecule has 0 amide bonds. The van der Waals surface area contributed by atoms with E-state index in [0.717, 1.165) is 22.7 Å². The molecule has 0 fully saturated rings. The van der Waals surface area contributed by atoms with Gasteiger partial charge in [0.2, 0.25) is 0 Å². The number of rotatable bonds is 12. The van der Waals surface area contributed by atoms with Crippen LogP contribution in [0.3, 0.4) is 0 Å². The van der Waals surface area contributed by atoms with E-state index >= 15 is 0 Å². The summed E-state index contributed by atoms with van der Waals surface area (Å²) in [6.07, 6.45) is 0. The third-order valence-electron chi connectivity index (χ3n) is 22.0. The molecule has 18 aromatic carbocycles. The molecule has 0 unspecified atom stereocenters. The Bertz CT molecular complexity index is 7280. The maximum absolute atomic E-state index is 2.46. The zero-order valence-corrected chi connectivity index (χ0v) is 63.3. The van der Waals surface area contributed by atoms with Gasteiger partial charge in [-0.3, -0.25) is 0 Å². The molecule has 4 heterocycles. The minimum atomic E-state index is 0.259. The van der Waals surface area contributed by atoms with Crippen LogP contribution in [0, 0.1) is 0 Å². The van der Waals surface area contributed by atoms with Gasteiger partial charge in [-0.2, -0.15) is 0 Å². The molecular formula is C104H68N4Se2. The zero-order chi connectivity index (χ0) is 72.6. The maximum atomic E-state index is 2.46. The van der Waals surface area contributed by atoms with Gasteiger partial charge in [-0.15, -0.1) is 0 Å². The van der Waals surface area contributed by atoms with Gasteiger partial charge in [0.1, 0.15) is 0 Å². The number of anilines is 6. The minimum Gasteiger partial charge on any atom is -0.0602 e. The average molecular weight is 1530 g/mol. The minimum absolute atomic E-state index is 0.259. The van der Waals surface area contributed by atoms with E-state index in [9.17, 15) is 0 Å². The van der Waals surface area contributed by atoms with E-state index in [1.54, 1.807) is 0 Å². The van der Waals surface area contributed by atoms with Crippen LogP contribution in [0.5, 0.6) is 0 Å². The van der Waals surface area contributed by atoms with Gasteiger partial charge in [-0.25, -0.2) is 0 Å². The monoisotopic (exact) mass is 1530 g/mol. The summed E-state index contributed by atoms with van der Waals surface area (Å²) in [4.78, 5) is 4.90. The van der Waals surface area contributed by atoms with Crippen LogP contribution >= 0.6 is 0 Å². The van der Waals surface area contributed by atoms with Gasteiger partial charge in [-0.05, 0) is 36.4 Å². The smallest absolute Gasteiger partial charge is 0.0602 e. The number of fused-ring (bicyclic) bond motifs is 14. The van der Waals surface area contributed by atoms with Crippen molar-refractivity contribution in [1.82, 2.24) is 9.13 Å². The van der Waals surface area contributed by atoms with E-state index in [2.05, 4.69) is 431 Å². The van der Waals surface area contributed by atoms with E-state index in [4.69, 9.17) is 0 Å². The molecule has 110 heavy (non-hydrogen) atoms. The van der Waals surface area contributed by atoms with E-state index in [1.807, 2.05) is 0 Å². The molecule has 0 aliphatic rings. The number of hydrogen-bond acceptors (Lipinski definition) is 2. The molecule has 0 saturated heterocycles. The predicted octanol–water partition coefficient (Wildman–Crippen LogP) is 28.2. The van der Waals surface area contributed by atoms with Gasteiger partial charge < -0.3 is 9.13 Å². The summed E-state index contributed by atoms with van der Waals surface area (Å²) in [6.45, 7) is 0. The van der Waals surface area contributed by atoms with Crippen molar-refractivity contribution in [2.45, 2.75) is 0 Å². The Balaban J connectivity index is 0.000000140. The second-order valence-corrected chi connectivity index (χ2v) is 32.8. The van der Waals surface area contributed by atoms with Crippen molar-refractivity contribution in [3.8, 4) is 55.9 Å². The standard InChI is InChI=1S/2C52H34N2Se/c1-2-15-38(16-3-1)54-49-23-10-7-19-44(49)47-33-37(27-32-50(47)54)35-25-28-39(29-26-35)53(40-30-31-46-45-20-8-11-24-51(45)55-52(46)34-40)48-22-9-6-18-43(48)42-21-12-14-36-13-4-5-17-41(36)42;1-2-14-40(15-3-1)54-49-20-10-7-17-44(49)47-33-38(26-31-50(47)54)36-24-27-41(28-25-36)53(42-29-30-46-45-18-8-11-21-51(45)55-52(46)34-42)48-19-9-6-16-43(48)39-23-22-35-12-4-5-13-37(35)32-39/h2*1-34H. The summed E-state index contributed by atoms with van der Waals surface area (Å²) < 4.78 is 10.5. The Hall–Kier alpha value is -13.3. The SMILES string of the molecule is c1ccc(-n2c3ccccc3c3cc(-c4ccc(N(c5ccc6c(c5)[se]c5ccccc56)c5ccccc5-c5ccc6ccccc6c5)cc4)ccc32)cc1.c1ccc(-n2c3ccccc3c3cc(-c4ccc(N(c5ccc6c(c5)[se]c5ccccc56)c5ccccc5-c5cccc6ccccc56)cc4)ccc32)cc1. The summed E-state index contributed by atoms with van der Waals surface area (Å²) in [5.74, 6) is 0. The molecule has 4 nitrogen and oxygen atoms in total. The number of benzene rings is 18. The fourth-order valence-electron chi connectivity index (χ4n) is 16.8. The van der Waals surface area contributed by atoms with Gasteiger partial charge in [0.25, 0.3) is 0 Å². The normalized spacial score (nSPS) is 11.6. The molecular weight excluding hydrogens is 1460 g/mol. The van der Waals surface area contributed by atoms with Crippen LogP contribution in [0.15, 0.2) is 413 Å². The van der Waals surface area contributed by atoms with Gasteiger partial charge in [0, 0.05) is 11.4 Å². The third kappa shape index (κ3) is 11.4. The first-order valence-electron chi connectivity index (χ1n) is 37.5. The third-order valence-corrected chi connectivity index (χ3v) is 26.7. The van der Waals surface area contributed by atoms with E-state index in [0.29, 0.717) is 0 Å². The fourth-order valence-corrected chi connectivity index (χ4v) is 21.6. The molecule has 0 bridgehead atoms. The molecule has 0 aliphatic heterocycles. The van der Waals surface area contributed by atoms with Crippen molar-refractivity contribution >= 4 is 167 Å². The molecule has 0 aliphatic carbocycles.